The molecule has 0 radical (unpaired) electrons. The van der Waals surface area contributed by atoms with Crippen molar-refractivity contribution in [2.24, 2.45) is 5.73 Å². The summed E-state index contributed by atoms with van der Waals surface area (Å²) in [6.07, 6.45) is 3.20. The summed E-state index contributed by atoms with van der Waals surface area (Å²) < 4.78 is 28.0. The summed E-state index contributed by atoms with van der Waals surface area (Å²) in [4.78, 5) is 0. The SMILES string of the molecule is CN(CCCN)S(=O)(=O)N1C2CCC1CC(O)C2. The molecule has 2 heterocycles. The van der Waals surface area contributed by atoms with Crippen LogP contribution in [0.3, 0.4) is 0 Å². The van der Waals surface area contributed by atoms with Crippen LogP contribution in [-0.2, 0) is 10.2 Å². The molecule has 0 aromatic rings. The lowest BCUT2D eigenvalue weighted by Gasteiger charge is -2.38. The lowest BCUT2D eigenvalue weighted by atomic mass is 10.0. The maximum absolute atomic E-state index is 12.5. The first-order valence-electron chi connectivity index (χ1n) is 6.59. The molecule has 6 nitrogen and oxygen atoms in total. The van der Waals surface area contributed by atoms with Crippen LogP contribution in [0.4, 0.5) is 0 Å². The Hall–Kier alpha value is -0.210. The first-order chi connectivity index (χ1) is 8.46. The van der Waals surface area contributed by atoms with Gasteiger partial charge in [0.25, 0.3) is 10.2 Å². The van der Waals surface area contributed by atoms with Gasteiger partial charge in [0, 0.05) is 25.7 Å². The largest absolute Gasteiger partial charge is 0.393 e. The highest BCUT2D eigenvalue weighted by atomic mass is 32.2. The Morgan fingerprint density at radius 2 is 1.89 bits per heavy atom. The van der Waals surface area contributed by atoms with Gasteiger partial charge in [0.2, 0.25) is 0 Å². The van der Waals surface area contributed by atoms with E-state index in [0.29, 0.717) is 32.4 Å². The van der Waals surface area contributed by atoms with E-state index in [-0.39, 0.29) is 18.2 Å². The van der Waals surface area contributed by atoms with Gasteiger partial charge in [0.05, 0.1) is 6.10 Å². The molecule has 0 amide bonds. The van der Waals surface area contributed by atoms with Crippen LogP contribution in [0.15, 0.2) is 0 Å². The van der Waals surface area contributed by atoms with Crippen molar-refractivity contribution >= 4 is 10.2 Å². The molecule has 2 atom stereocenters. The van der Waals surface area contributed by atoms with E-state index in [1.807, 2.05) is 0 Å². The van der Waals surface area contributed by atoms with Crippen molar-refractivity contribution in [1.82, 2.24) is 8.61 Å². The van der Waals surface area contributed by atoms with Crippen LogP contribution in [0.5, 0.6) is 0 Å². The first kappa shape index (κ1) is 14.2. The van der Waals surface area contributed by atoms with Crippen LogP contribution in [0.25, 0.3) is 0 Å². The molecule has 0 aromatic heterocycles. The molecule has 2 bridgehead atoms. The molecule has 2 fully saturated rings. The van der Waals surface area contributed by atoms with E-state index in [1.165, 1.54) is 4.31 Å². The fourth-order valence-corrected chi connectivity index (χ4v) is 4.89. The van der Waals surface area contributed by atoms with Gasteiger partial charge >= 0.3 is 0 Å². The van der Waals surface area contributed by atoms with Crippen molar-refractivity contribution in [3.05, 3.63) is 0 Å². The zero-order valence-corrected chi connectivity index (χ0v) is 11.6. The summed E-state index contributed by atoms with van der Waals surface area (Å²) in [5.41, 5.74) is 5.42. The second-order valence-electron chi connectivity index (χ2n) is 5.31. The third-order valence-electron chi connectivity index (χ3n) is 3.98. The zero-order valence-electron chi connectivity index (χ0n) is 10.8. The highest BCUT2D eigenvalue weighted by molar-refractivity contribution is 7.86. The van der Waals surface area contributed by atoms with Crippen molar-refractivity contribution in [2.45, 2.75) is 50.3 Å². The van der Waals surface area contributed by atoms with Crippen LogP contribution in [0.1, 0.15) is 32.1 Å². The summed E-state index contributed by atoms with van der Waals surface area (Å²) in [6.45, 7) is 0.947. The van der Waals surface area contributed by atoms with Crippen LogP contribution in [0.2, 0.25) is 0 Å². The minimum absolute atomic E-state index is 0.0240. The molecule has 2 unspecified atom stereocenters. The smallest absolute Gasteiger partial charge is 0.282 e. The van der Waals surface area contributed by atoms with Gasteiger partial charge in [-0.2, -0.15) is 17.0 Å². The number of rotatable bonds is 5. The average molecular weight is 277 g/mol. The third-order valence-corrected chi connectivity index (χ3v) is 6.08. The first-order valence-corrected chi connectivity index (χ1v) is 7.99. The molecule has 0 aliphatic carbocycles. The minimum atomic E-state index is -3.39. The van der Waals surface area contributed by atoms with Crippen LogP contribution in [-0.4, -0.2) is 60.5 Å². The number of hydrogen-bond donors (Lipinski definition) is 2. The molecular weight excluding hydrogens is 254 g/mol. The zero-order chi connectivity index (χ0) is 13.3. The Morgan fingerprint density at radius 3 is 2.39 bits per heavy atom. The van der Waals surface area contributed by atoms with Crippen LogP contribution >= 0.6 is 0 Å². The molecule has 2 rings (SSSR count). The maximum Gasteiger partial charge on any atom is 0.282 e. The quantitative estimate of drug-likeness (QED) is 0.709. The molecule has 0 saturated carbocycles. The highest BCUT2D eigenvalue weighted by Crippen LogP contribution is 2.38. The average Bonchev–Trinajstić information content (AvgIpc) is 2.59. The normalized spacial score (nSPS) is 33.2. The van der Waals surface area contributed by atoms with Crippen LogP contribution in [0, 0.1) is 0 Å². The lowest BCUT2D eigenvalue weighted by molar-refractivity contribution is 0.0742. The molecule has 0 spiro atoms. The van der Waals surface area contributed by atoms with Crippen molar-refractivity contribution < 1.29 is 13.5 Å². The number of nitrogens with zero attached hydrogens (tertiary/aromatic N) is 2. The number of aliphatic hydroxyl groups is 1. The van der Waals surface area contributed by atoms with E-state index < -0.39 is 10.2 Å². The summed E-state index contributed by atoms with van der Waals surface area (Å²) in [5, 5.41) is 9.70. The number of fused-ring (bicyclic) bond motifs is 2. The molecule has 0 aromatic carbocycles. The van der Waals surface area contributed by atoms with E-state index in [1.54, 1.807) is 11.4 Å². The molecule has 2 aliphatic rings. The summed E-state index contributed by atoms with van der Waals surface area (Å²) in [6, 6.07) is -0.0480. The van der Waals surface area contributed by atoms with Gasteiger partial charge in [0.15, 0.2) is 0 Å². The standard InChI is InChI=1S/C11H23N3O3S/c1-13(6-2-5-12)18(16,17)14-9-3-4-10(14)8-11(15)7-9/h9-11,15H,2-8,12H2,1H3. The second kappa shape index (κ2) is 5.42. The summed E-state index contributed by atoms with van der Waals surface area (Å²) in [5.74, 6) is 0. The molecule has 18 heavy (non-hydrogen) atoms. The number of nitrogens with two attached hydrogens (primary N) is 1. The molecular formula is C11H23N3O3S. The molecule has 3 N–H and O–H groups in total. The Bertz CT molecular complexity index is 373. The number of aliphatic hydroxyl groups excluding tert-OH is 1. The number of hydrogen-bond acceptors (Lipinski definition) is 4. The second-order valence-corrected chi connectivity index (χ2v) is 7.25. The predicted octanol–water partition coefficient (Wildman–Crippen LogP) is -0.500. The van der Waals surface area contributed by atoms with E-state index in [9.17, 15) is 13.5 Å². The van der Waals surface area contributed by atoms with Gasteiger partial charge in [-0.25, -0.2) is 0 Å². The highest BCUT2D eigenvalue weighted by Gasteiger charge is 2.47. The van der Waals surface area contributed by atoms with E-state index >= 15 is 0 Å². The maximum atomic E-state index is 12.5. The molecule has 7 heteroatoms. The monoisotopic (exact) mass is 277 g/mol. The number of piperidine rings is 1. The fourth-order valence-electron chi connectivity index (χ4n) is 3.07. The topological polar surface area (TPSA) is 86.9 Å². The van der Waals surface area contributed by atoms with Crippen molar-refractivity contribution in [3.8, 4) is 0 Å². The van der Waals surface area contributed by atoms with Crippen molar-refractivity contribution in [1.29, 1.82) is 0 Å². The third kappa shape index (κ3) is 2.55. The lowest BCUT2D eigenvalue weighted by Crippen LogP contribution is -2.52. The minimum Gasteiger partial charge on any atom is -0.393 e. The summed E-state index contributed by atoms with van der Waals surface area (Å²) in [7, 11) is -1.79. The van der Waals surface area contributed by atoms with Gasteiger partial charge in [-0.15, -0.1) is 0 Å². The summed E-state index contributed by atoms with van der Waals surface area (Å²) >= 11 is 0. The van der Waals surface area contributed by atoms with Crippen molar-refractivity contribution in [3.63, 3.8) is 0 Å². The van der Waals surface area contributed by atoms with Gasteiger partial charge in [-0.05, 0) is 38.6 Å². The molecule has 106 valence electrons. The van der Waals surface area contributed by atoms with Gasteiger partial charge < -0.3 is 10.8 Å². The Balaban J connectivity index is 2.11. The van der Waals surface area contributed by atoms with Crippen LogP contribution < -0.4 is 5.73 Å². The Labute approximate surface area is 109 Å². The van der Waals surface area contributed by atoms with Gasteiger partial charge in [-0.3, -0.25) is 0 Å². The Morgan fingerprint density at radius 1 is 1.33 bits per heavy atom. The molecule has 2 saturated heterocycles. The predicted molar refractivity (Wildman–Crippen MR) is 69.1 cm³/mol. The fraction of sp³-hybridized carbons (Fsp3) is 1.00. The van der Waals surface area contributed by atoms with Crippen molar-refractivity contribution in [2.75, 3.05) is 20.1 Å². The van der Waals surface area contributed by atoms with Gasteiger partial charge in [0.1, 0.15) is 0 Å². The van der Waals surface area contributed by atoms with E-state index in [4.69, 9.17) is 5.73 Å². The van der Waals surface area contributed by atoms with E-state index in [2.05, 4.69) is 0 Å². The van der Waals surface area contributed by atoms with E-state index in [0.717, 1.165) is 12.8 Å². The Kier molecular flexibility index (Phi) is 4.28. The molecule has 2 aliphatic heterocycles. The van der Waals surface area contributed by atoms with Gasteiger partial charge in [-0.1, -0.05) is 0 Å².